The van der Waals surface area contributed by atoms with Crippen LogP contribution in [0.25, 0.3) is 10.9 Å². The fourth-order valence-electron chi connectivity index (χ4n) is 3.86. The number of fused-ring (bicyclic) bond motifs is 1. The second-order valence-corrected chi connectivity index (χ2v) is 9.58. The molecule has 3 aromatic rings. The number of aromatic nitrogens is 1. The number of aromatic amines is 1. The second kappa shape index (κ2) is 10.4. The number of amides is 2. The van der Waals surface area contributed by atoms with E-state index in [1.165, 1.54) is 24.3 Å². The molecule has 4 rings (SSSR count). The van der Waals surface area contributed by atoms with Crippen molar-refractivity contribution in [1.82, 2.24) is 14.8 Å². The van der Waals surface area contributed by atoms with Gasteiger partial charge in [0.15, 0.2) is 11.6 Å². The number of para-hydroxylation sites is 1. The van der Waals surface area contributed by atoms with E-state index in [9.17, 15) is 18.8 Å². The van der Waals surface area contributed by atoms with Crippen LogP contribution in [0.3, 0.4) is 0 Å². The lowest BCUT2D eigenvalue weighted by molar-refractivity contribution is -0.117. The van der Waals surface area contributed by atoms with E-state index in [1.807, 2.05) is 25.7 Å². The normalized spacial score (nSPS) is 14.5. The van der Waals surface area contributed by atoms with Crippen molar-refractivity contribution in [2.24, 2.45) is 0 Å². The Morgan fingerprint density at radius 1 is 1.03 bits per heavy atom. The zero-order chi connectivity index (χ0) is 25.9. The Bertz CT molecular complexity index is 1330. The molecule has 36 heavy (non-hydrogen) atoms. The summed E-state index contributed by atoms with van der Waals surface area (Å²) in [6, 6.07) is 12.4. The summed E-state index contributed by atoms with van der Waals surface area (Å²) in [5.41, 5.74) is -0.0553. The molecule has 0 saturated carbocycles. The van der Waals surface area contributed by atoms with Crippen molar-refractivity contribution >= 4 is 28.6 Å². The van der Waals surface area contributed by atoms with Gasteiger partial charge in [-0.1, -0.05) is 12.1 Å². The zero-order valence-electron chi connectivity index (χ0n) is 20.5. The number of hydrogen-bond acceptors (Lipinski definition) is 6. The highest BCUT2D eigenvalue weighted by Crippen LogP contribution is 2.30. The van der Waals surface area contributed by atoms with Crippen molar-refractivity contribution in [2.75, 3.05) is 38.0 Å². The van der Waals surface area contributed by atoms with Crippen molar-refractivity contribution in [1.29, 1.82) is 0 Å². The van der Waals surface area contributed by atoms with Gasteiger partial charge in [-0.15, -0.1) is 0 Å². The van der Waals surface area contributed by atoms with Gasteiger partial charge in [0.2, 0.25) is 5.91 Å². The molecule has 2 heterocycles. The molecule has 1 aromatic heterocycles. The summed E-state index contributed by atoms with van der Waals surface area (Å²) in [5, 5.41) is 3.33. The molecule has 0 atom stereocenters. The number of ether oxygens (including phenoxy) is 2. The van der Waals surface area contributed by atoms with E-state index in [0.717, 1.165) is 0 Å². The Labute approximate surface area is 207 Å². The molecule has 1 aliphatic rings. The van der Waals surface area contributed by atoms with E-state index in [4.69, 9.17) is 9.47 Å². The van der Waals surface area contributed by atoms with Crippen LogP contribution in [0.1, 0.15) is 20.8 Å². The lowest BCUT2D eigenvalue weighted by Crippen LogP contribution is -2.51. The summed E-state index contributed by atoms with van der Waals surface area (Å²) >= 11 is 0. The van der Waals surface area contributed by atoms with E-state index in [-0.39, 0.29) is 41.3 Å². The highest BCUT2D eigenvalue weighted by Gasteiger charge is 2.26. The second-order valence-electron chi connectivity index (χ2n) is 9.58. The summed E-state index contributed by atoms with van der Waals surface area (Å²) in [4.78, 5) is 42.9. The van der Waals surface area contributed by atoms with Gasteiger partial charge in [-0.05, 0) is 45.0 Å². The maximum Gasteiger partial charge on any atom is 0.410 e. The fraction of sp³-hybridized carbons (Fsp3) is 0.346. The van der Waals surface area contributed by atoms with Crippen LogP contribution < -0.4 is 15.6 Å². The van der Waals surface area contributed by atoms with Gasteiger partial charge in [-0.25, -0.2) is 9.18 Å². The molecule has 0 unspecified atom stereocenters. The Kier molecular flexibility index (Phi) is 7.25. The van der Waals surface area contributed by atoms with Gasteiger partial charge < -0.3 is 24.7 Å². The smallest absolute Gasteiger partial charge is 0.410 e. The van der Waals surface area contributed by atoms with Crippen molar-refractivity contribution in [2.45, 2.75) is 26.4 Å². The number of anilines is 1. The monoisotopic (exact) mass is 496 g/mol. The van der Waals surface area contributed by atoms with Gasteiger partial charge in [0, 0.05) is 49.4 Å². The summed E-state index contributed by atoms with van der Waals surface area (Å²) in [7, 11) is 0. The number of nitrogens with zero attached hydrogens (tertiary/aromatic N) is 2. The minimum atomic E-state index is -0.678. The number of rotatable bonds is 5. The van der Waals surface area contributed by atoms with E-state index < -0.39 is 11.4 Å². The molecular formula is C26H29FN4O5. The maximum absolute atomic E-state index is 14.8. The molecule has 1 aliphatic heterocycles. The predicted octanol–water partition coefficient (Wildman–Crippen LogP) is 3.95. The van der Waals surface area contributed by atoms with Crippen LogP contribution in [0, 0.1) is 5.82 Å². The number of benzene rings is 2. The Morgan fingerprint density at radius 2 is 1.75 bits per heavy atom. The minimum absolute atomic E-state index is 0.0676. The predicted molar refractivity (Wildman–Crippen MR) is 134 cm³/mol. The van der Waals surface area contributed by atoms with E-state index in [0.29, 0.717) is 37.1 Å². The van der Waals surface area contributed by atoms with Crippen LogP contribution >= 0.6 is 0 Å². The zero-order valence-corrected chi connectivity index (χ0v) is 20.5. The van der Waals surface area contributed by atoms with Gasteiger partial charge in [0.05, 0.1) is 12.1 Å². The Hall–Kier alpha value is -3.92. The number of H-pyrrole nitrogens is 1. The lowest BCUT2D eigenvalue weighted by Gasteiger charge is -2.35. The third-order valence-corrected chi connectivity index (χ3v) is 5.54. The maximum atomic E-state index is 14.8. The molecule has 0 radical (unpaired) electrons. The van der Waals surface area contributed by atoms with Gasteiger partial charge in [-0.2, -0.15) is 0 Å². The van der Waals surface area contributed by atoms with Crippen molar-refractivity contribution in [3.05, 3.63) is 64.7 Å². The van der Waals surface area contributed by atoms with E-state index >= 15 is 0 Å². The first-order chi connectivity index (χ1) is 17.1. The van der Waals surface area contributed by atoms with Crippen molar-refractivity contribution in [3.63, 3.8) is 0 Å². The number of hydrogen-bond donors (Lipinski definition) is 2. The van der Waals surface area contributed by atoms with E-state index in [2.05, 4.69) is 10.3 Å². The molecule has 2 aromatic carbocycles. The minimum Gasteiger partial charge on any atom is -0.453 e. The van der Waals surface area contributed by atoms with Crippen LogP contribution in [-0.2, 0) is 9.53 Å². The number of piperazine rings is 1. The quantitative estimate of drug-likeness (QED) is 0.554. The van der Waals surface area contributed by atoms with Crippen molar-refractivity contribution in [3.8, 4) is 11.5 Å². The fourth-order valence-corrected chi connectivity index (χ4v) is 3.86. The topological polar surface area (TPSA) is 104 Å². The summed E-state index contributed by atoms with van der Waals surface area (Å²) in [6.07, 6.45) is -0.363. The Morgan fingerprint density at radius 3 is 2.44 bits per heavy atom. The Balaban J connectivity index is 1.33. The van der Waals surface area contributed by atoms with Gasteiger partial charge in [0.1, 0.15) is 11.4 Å². The molecule has 2 N–H and O–H groups in total. The molecular weight excluding hydrogens is 467 g/mol. The first kappa shape index (κ1) is 25.2. The van der Waals surface area contributed by atoms with E-state index in [1.54, 1.807) is 29.2 Å². The number of pyridine rings is 1. The highest BCUT2D eigenvalue weighted by atomic mass is 19.1. The summed E-state index contributed by atoms with van der Waals surface area (Å²) in [5.74, 6) is -0.810. The molecule has 190 valence electrons. The van der Waals surface area contributed by atoms with Crippen LogP contribution in [0.15, 0.2) is 53.3 Å². The average Bonchev–Trinajstić information content (AvgIpc) is 2.80. The van der Waals surface area contributed by atoms with Crippen LogP contribution in [-0.4, -0.2) is 65.1 Å². The molecule has 0 bridgehead atoms. The SMILES string of the molecule is CC(C)(C)OC(=O)N1CCN(CC(=O)Nc2ccc(Oc3cc(=O)[nH]c4ccccc34)c(F)c2)CC1. The molecule has 1 saturated heterocycles. The highest BCUT2D eigenvalue weighted by molar-refractivity contribution is 5.92. The third kappa shape index (κ3) is 6.39. The van der Waals surface area contributed by atoms with Gasteiger partial charge in [0.25, 0.3) is 5.56 Å². The molecule has 0 spiro atoms. The van der Waals surface area contributed by atoms with Crippen LogP contribution in [0.2, 0.25) is 0 Å². The van der Waals surface area contributed by atoms with Crippen molar-refractivity contribution < 1.29 is 23.5 Å². The standard InChI is InChI=1S/C26H29FN4O5/c1-26(2,3)36-25(34)31-12-10-30(11-13-31)16-24(33)28-17-8-9-21(19(27)14-17)35-22-15-23(32)29-20-7-5-4-6-18(20)22/h4-9,14-15H,10-13,16H2,1-3H3,(H,28,33)(H,29,32). The van der Waals surface area contributed by atoms with Gasteiger partial charge >= 0.3 is 6.09 Å². The number of carbonyl (C=O) groups is 2. The number of carbonyl (C=O) groups excluding carboxylic acids is 2. The molecule has 2 amide bonds. The van der Waals surface area contributed by atoms with Crippen LogP contribution in [0.4, 0.5) is 14.9 Å². The largest absolute Gasteiger partial charge is 0.453 e. The molecule has 9 nitrogen and oxygen atoms in total. The molecule has 10 heteroatoms. The first-order valence-corrected chi connectivity index (χ1v) is 11.7. The molecule has 0 aliphatic carbocycles. The summed E-state index contributed by atoms with van der Waals surface area (Å²) < 4.78 is 25.8. The number of halogens is 1. The summed E-state index contributed by atoms with van der Waals surface area (Å²) in [6.45, 7) is 7.53. The molecule has 1 fully saturated rings. The van der Waals surface area contributed by atoms with Gasteiger partial charge in [-0.3, -0.25) is 14.5 Å². The van der Waals surface area contributed by atoms with Crippen LogP contribution in [0.5, 0.6) is 11.5 Å². The average molecular weight is 497 g/mol. The number of nitrogens with one attached hydrogen (secondary N) is 2. The third-order valence-electron chi connectivity index (χ3n) is 5.54. The first-order valence-electron chi connectivity index (χ1n) is 11.7. The lowest BCUT2D eigenvalue weighted by atomic mass is 10.2.